The highest BCUT2D eigenvalue weighted by Crippen LogP contribution is 2.42. The van der Waals surface area contributed by atoms with Gasteiger partial charge in [-0.05, 0) is 111 Å². The van der Waals surface area contributed by atoms with Crippen molar-refractivity contribution in [3.63, 3.8) is 0 Å². The number of nitrogens with zero attached hydrogens (tertiary/aromatic N) is 4. The molecule has 6 rings (SSSR count). The van der Waals surface area contributed by atoms with Crippen LogP contribution in [0.3, 0.4) is 0 Å². The number of hydrogen-bond acceptors (Lipinski definition) is 10. The van der Waals surface area contributed by atoms with Crippen molar-refractivity contribution in [2.45, 2.75) is 131 Å². The summed E-state index contributed by atoms with van der Waals surface area (Å²) in [5.74, 6) is -1.78. The Bertz CT molecular complexity index is 2330. The van der Waals surface area contributed by atoms with Crippen LogP contribution >= 0.6 is 0 Å². The van der Waals surface area contributed by atoms with E-state index in [1.165, 1.54) is 11.8 Å². The molecule has 1 saturated carbocycles. The molecule has 5 N–H and O–H groups in total. The number of aromatic nitrogens is 2. The van der Waals surface area contributed by atoms with Gasteiger partial charge in [-0.25, -0.2) is 5.43 Å². The number of amides is 3. The first kappa shape index (κ1) is 49.1. The molecular formula is C51H71N7O7. The number of nitrogens with two attached hydrogens (primary N) is 1. The topological polar surface area (TPSA) is 181 Å². The Morgan fingerprint density at radius 1 is 1.03 bits per heavy atom. The van der Waals surface area contributed by atoms with Crippen molar-refractivity contribution >= 4 is 34.6 Å². The van der Waals surface area contributed by atoms with Crippen LogP contribution in [0.4, 0.5) is 0 Å². The Kier molecular flexibility index (Phi) is 16.1. The fourth-order valence-corrected chi connectivity index (χ4v) is 9.81. The normalized spacial score (nSPS) is 18.3. The van der Waals surface area contributed by atoms with Gasteiger partial charge in [0.2, 0.25) is 11.8 Å². The SMILES string of the molecule is CCn1c(-c2cccnc2[C@H](C)OC)c(CC(C)(C)COC(C)=O)c2cc(-c3cc(O)cc(C[C@H](NC(=O)C(C(C)C)N(C)C(=O)[C@H]4CCCC[C@H]4N)C(=O)N4CCCCN4)c3)ccc21. The van der Waals surface area contributed by atoms with Gasteiger partial charge in [0.1, 0.15) is 17.8 Å². The van der Waals surface area contributed by atoms with Gasteiger partial charge in [-0.1, -0.05) is 52.7 Å². The quantitative estimate of drug-likeness (QED) is 0.0800. The van der Waals surface area contributed by atoms with E-state index in [1.54, 1.807) is 37.5 Å². The summed E-state index contributed by atoms with van der Waals surface area (Å²) in [5.41, 5.74) is 16.3. The van der Waals surface area contributed by atoms with Gasteiger partial charge in [-0.2, -0.15) is 0 Å². The highest BCUT2D eigenvalue weighted by atomic mass is 16.5. The fourth-order valence-electron chi connectivity index (χ4n) is 9.81. The standard InChI is InChI=1S/C51H71N7O7/c1-10-57-44-20-19-35(28-40(44)41(29-51(6,7)30-65-33(5)59)47(57)39-17-15-21-53-45(39)32(4)64-9)36-24-34(25-37(60)27-36)26-43(50(63)58-23-14-13-22-54-58)55-48(61)46(31(2)3)56(8)49(62)38-16-11-12-18-42(38)52/h15,17,19-21,24-25,27-28,31-32,38,42-43,46,54,60H,10-14,16,18,22-23,26,29-30,52H2,1-9H3,(H,55,61)/t32-,38-,42+,43-,46?/m0/s1. The predicted molar refractivity (Wildman–Crippen MR) is 253 cm³/mol. The largest absolute Gasteiger partial charge is 0.508 e. The summed E-state index contributed by atoms with van der Waals surface area (Å²) in [4.78, 5) is 60.9. The molecule has 3 amide bonds. The maximum atomic E-state index is 14.4. The second-order valence-corrected chi connectivity index (χ2v) is 19.2. The first-order valence-corrected chi connectivity index (χ1v) is 23.4. The number of rotatable bonds is 17. The van der Waals surface area contributed by atoms with E-state index in [0.29, 0.717) is 38.0 Å². The molecule has 14 heteroatoms. The molecule has 3 heterocycles. The molecule has 0 spiro atoms. The molecule has 2 aliphatic rings. The minimum absolute atomic E-state index is 0.0172. The zero-order chi connectivity index (χ0) is 47.2. The number of carbonyl (C=O) groups is 4. The van der Waals surface area contributed by atoms with Gasteiger partial charge in [-0.15, -0.1) is 0 Å². The summed E-state index contributed by atoms with van der Waals surface area (Å²) in [7, 11) is 3.33. The number of phenols is 1. The van der Waals surface area contributed by atoms with Gasteiger partial charge in [0, 0.05) is 81.3 Å². The Labute approximate surface area is 384 Å². The van der Waals surface area contributed by atoms with E-state index in [4.69, 9.17) is 20.2 Å². The van der Waals surface area contributed by atoms with E-state index >= 15 is 0 Å². The molecule has 0 radical (unpaired) electrons. The van der Waals surface area contributed by atoms with Crippen molar-refractivity contribution in [2.24, 2.45) is 23.0 Å². The number of esters is 1. The smallest absolute Gasteiger partial charge is 0.302 e. The molecule has 2 aromatic heterocycles. The second-order valence-electron chi connectivity index (χ2n) is 19.2. The summed E-state index contributed by atoms with van der Waals surface area (Å²) < 4.78 is 13.7. The Balaban J connectivity index is 1.40. The van der Waals surface area contributed by atoms with Crippen LogP contribution in [0.2, 0.25) is 0 Å². The third kappa shape index (κ3) is 11.4. The van der Waals surface area contributed by atoms with Crippen LogP contribution in [0.1, 0.15) is 110 Å². The summed E-state index contributed by atoms with van der Waals surface area (Å²) >= 11 is 0. The number of benzene rings is 2. The van der Waals surface area contributed by atoms with Crippen LogP contribution < -0.4 is 16.5 Å². The first-order chi connectivity index (χ1) is 30.9. The minimum Gasteiger partial charge on any atom is -0.508 e. The molecule has 5 atom stereocenters. The molecule has 1 aliphatic carbocycles. The number of ether oxygens (including phenoxy) is 2. The summed E-state index contributed by atoms with van der Waals surface area (Å²) in [6.45, 7) is 15.5. The number of aromatic hydroxyl groups is 1. The van der Waals surface area contributed by atoms with Crippen LogP contribution in [0, 0.1) is 17.3 Å². The van der Waals surface area contributed by atoms with Crippen LogP contribution in [-0.4, -0.2) is 100 Å². The lowest BCUT2D eigenvalue weighted by Crippen LogP contribution is -2.60. The lowest BCUT2D eigenvalue weighted by atomic mass is 9.83. The fraction of sp³-hybridized carbons (Fsp3) is 0.549. The number of nitrogens with one attached hydrogen (secondary N) is 2. The molecular weight excluding hydrogens is 823 g/mol. The van der Waals surface area contributed by atoms with E-state index < -0.39 is 23.4 Å². The zero-order valence-electron chi connectivity index (χ0n) is 39.9. The maximum Gasteiger partial charge on any atom is 0.302 e. The second kappa shape index (κ2) is 21.3. The molecule has 1 aliphatic heterocycles. The molecule has 65 heavy (non-hydrogen) atoms. The number of hydrogen-bond donors (Lipinski definition) is 4. The molecule has 0 bridgehead atoms. The molecule has 352 valence electrons. The van der Waals surface area contributed by atoms with Crippen molar-refractivity contribution in [3.8, 4) is 28.1 Å². The van der Waals surface area contributed by atoms with Crippen molar-refractivity contribution in [3.05, 3.63) is 71.5 Å². The van der Waals surface area contributed by atoms with Gasteiger partial charge >= 0.3 is 5.97 Å². The van der Waals surface area contributed by atoms with Crippen LogP contribution in [-0.2, 0) is 48.0 Å². The van der Waals surface area contributed by atoms with Gasteiger partial charge < -0.3 is 35.1 Å². The van der Waals surface area contributed by atoms with Gasteiger partial charge in [0.25, 0.3) is 5.91 Å². The highest BCUT2D eigenvalue weighted by Gasteiger charge is 2.39. The molecule has 1 saturated heterocycles. The Hall–Kier alpha value is -5.31. The van der Waals surface area contributed by atoms with E-state index in [-0.39, 0.29) is 60.5 Å². The van der Waals surface area contributed by atoms with Crippen LogP contribution in [0.15, 0.2) is 54.7 Å². The summed E-state index contributed by atoms with van der Waals surface area (Å²) in [5, 5.41) is 17.0. The molecule has 2 aromatic carbocycles. The Morgan fingerprint density at radius 3 is 2.45 bits per heavy atom. The maximum absolute atomic E-state index is 14.4. The lowest BCUT2D eigenvalue weighted by Gasteiger charge is -2.37. The van der Waals surface area contributed by atoms with Crippen molar-refractivity contribution in [1.82, 2.24) is 30.2 Å². The van der Waals surface area contributed by atoms with Gasteiger partial charge in [0.05, 0.1) is 30.0 Å². The number of likely N-dealkylation sites (N-methyl/N-ethyl adjacent to an activating group) is 1. The monoisotopic (exact) mass is 894 g/mol. The zero-order valence-corrected chi connectivity index (χ0v) is 39.9. The summed E-state index contributed by atoms with van der Waals surface area (Å²) in [6.07, 6.45) is 7.27. The summed E-state index contributed by atoms with van der Waals surface area (Å²) in [6, 6.07) is 13.5. The average molecular weight is 894 g/mol. The van der Waals surface area contributed by atoms with Crippen molar-refractivity contribution in [1.29, 1.82) is 0 Å². The van der Waals surface area contributed by atoms with E-state index in [1.807, 2.05) is 39.0 Å². The molecule has 1 unspecified atom stereocenters. The third-order valence-corrected chi connectivity index (χ3v) is 13.2. The molecule has 14 nitrogen and oxygen atoms in total. The van der Waals surface area contributed by atoms with E-state index in [9.17, 15) is 24.3 Å². The van der Waals surface area contributed by atoms with Crippen molar-refractivity contribution < 1.29 is 33.8 Å². The van der Waals surface area contributed by atoms with Crippen molar-refractivity contribution in [2.75, 3.05) is 33.9 Å². The number of methoxy groups -OCH3 is 1. The van der Waals surface area contributed by atoms with Gasteiger partial charge in [0.15, 0.2) is 0 Å². The highest BCUT2D eigenvalue weighted by molar-refractivity contribution is 5.96. The van der Waals surface area contributed by atoms with Crippen LogP contribution in [0.5, 0.6) is 5.75 Å². The molecule has 2 fully saturated rings. The third-order valence-electron chi connectivity index (χ3n) is 13.2. The predicted octanol–water partition coefficient (Wildman–Crippen LogP) is 7.09. The Morgan fingerprint density at radius 2 is 1.78 bits per heavy atom. The van der Waals surface area contributed by atoms with Gasteiger partial charge in [-0.3, -0.25) is 29.2 Å². The number of carbonyl (C=O) groups excluding carboxylic acids is 4. The molecule has 4 aromatic rings. The number of phenolic OH excluding ortho intramolecular Hbond substituents is 1. The number of hydrazine groups is 1. The number of pyridine rings is 1. The first-order valence-electron chi connectivity index (χ1n) is 23.4. The lowest BCUT2D eigenvalue weighted by molar-refractivity contribution is -0.146. The van der Waals surface area contributed by atoms with E-state index in [0.717, 1.165) is 76.6 Å². The number of aryl methyl sites for hydroxylation is 1. The average Bonchev–Trinajstić information content (AvgIpc) is 3.58. The van der Waals surface area contributed by atoms with Crippen LogP contribution in [0.25, 0.3) is 33.3 Å². The number of fused-ring (bicyclic) bond motifs is 1. The minimum atomic E-state index is -0.998. The van der Waals surface area contributed by atoms with E-state index in [2.05, 4.69) is 54.3 Å².